The van der Waals surface area contributed by atoms with Crippen LogP contribution in [0.3, 0.4) is 0 Å². The standard InChI is InChI=1S/C9H17O7P3S5/c10-17(11-1-4-22-17)14-7-9(16-19(21)13-3-6-24-19)8-15-18(20)12-2-5-23-18/h9H,1-8H2. The molecule has 0 aliphatic carbocycles. The van der Waals surface area contributed by atoms with Crippen molar-refractivity contribution in [3.63, 3.8) is 0 Å². The van der Waals surface area contributed by atoms with Gasteiger partial charge in [0.2, 0.25) is 11.4 Å². The smallest absolute Gasteiger partial charge is 0.321 e. The van der Waals surface area contributed by atoms with Crippen LogP contribution in [0.15, 0.2) is 0 Å². The van der Waals surface area contributed by atoms with E-state index in [1.54, 1.807) is 0 Å². The summed E-state index contributed by atoms with van der Waals surface area (Å²) in [7, 11) is 0. The van der Waals surface area contributed by atoms with E-state index in [2.05, 4.69) is 0 Å². The molecule has 15 heteroatoms. The van der Waals surface area contributed by atoms with Crippen LogP contribution in [0, 0.1) is 0 Å². The molecule has 0 radical (unpaired) electrons. The fourth-order valence-electron chi connectivity index (χ4n) is 1.86. The fourth-order valence-corrected chi connectivity index (χ4v) is 13.9. The van der Waals surface area contributed by atoms with E-state index in [1.165, 1.54) is 34.1 Å². The molecule has 3 rings (SSSR count). The van der Waals surface area contributed by atoms with Crippen molar-refractivity contribution in [2.24, 2.45) is 0 Å². The molecule has 140 valence electrons. The summed E-state index contributed by atoms with van der Waals surface area (Å²) < 4.78 is 45.8. The largest absolute Gasteiger partial charge is 0.389 e. The van der Waals surface area contributed by atoms with Gasteiger partial charge >= 0.3 is 6.80 Å². The highest BCUT2D eigenvalue weighted by Crippen LogP contribution is 2.68. The Morgan fingerprint density at radius 1 is 0.875 bits per heavy atom. The molecule has 0 aromatic heterocycles. The molecule has 4 unspecified atom stereocenters. The van der Waals surface area contributed by atoms with Crippen molar-refractivity contribution in [3.05, 3.63) is 0 Å². The summed E-state index contributed by atoms with van der Waals surface area (Å²) in [6.07, 6.45) is -0.526. The molecule has 7 nitrogen and oxygen atoms in total. The van der Waals surface area contributed by atoms with Crippen LogP contribution in [0.2, 0.25) is 0 Å². The van der Waals surface area contributed by atoms with Crippen LogP contribution in [0.5, 0.6) is 0 Å². The molecule has 3 saturated heterocycles. The summed E-state index contributed by atoms with van der Waals surface area (Å²) in [5, 5.41) is 0. The molecule has 0 bridgehead atoms. The minimum absolute atomic E-state index is 0.0482. The lowest BCUT2D eigenvalue weighted by Gasteiger charge is -2.25. The van der Waals surface area contributed by atoms with Crippen LogP contribution in [0.4, 0.5) is 0 Å². The van der Waals surface area contributed by atoms with E-state index in [0.717, 1.165) is 11.5 Å². The predicted octanol–water partition coefficient (Wildman–Crippen LogP) is 4.25. The highest BCUT2D eigenvalue weighted by atomic mass is 32.9. The zero-order valence-electron chi connectivity index (χ0n) is 12.5. The lowest BCUT2D eigenvalue weighted by atomic mass is 10.4. The van der Waals surface area contributed by atoms with Crippen LogP contribution in [-0.4, -0.2) is 56.4 Å². The van der Waals surface area contributed by atoms with E-state index in [4.69, 9.17) is 50.8 Å². The molecule has 0 aromatic rings. The van der Waals surface area contributed by atoms with Gasteiger partial charge in [-0.3, -0.25) is 9.05 Å². The summed E-state index contributed by atoms with van der Waals surface area (Å²) in [4.78, 5) is 0. The van der Waals surface area contributed by atoms with Crippen molar-refractivity contribution in [2.45, 2.75) is 6.10 Å². The van der Waals surface area contributed by atoms with Crippen LogP contribution in [0.25, 0.3) is 0 Å². The number of hydrogen-bond donors (Lipinski definition) is 0. The van der Waals surface area contributed by atoms with Gasteiger partial charge < -0.3 is 18.1 Å². The Morgan fingerprint density at radius 3 is 2.04 bits per heavy atom. The van der Waals surface area contributed by atoms with E-state index in [0.29, 0.717) is 25.6 Å². The highest BCUT2D eigenvalue weighted by molar-refractivity contribution is 8.68. The molecule has 4 atom stereocenters. The zero-order chi connectivity index (χ0) is 17.1. The van der Waals surface area contributed by atoms with Gasteiger partial charge in [0, 0.05) is 17.3 Å². The lowest BCUT2D eigenvalue weighted by Crippen LogP contribution is -2.23. The maximum Gasteiger partial charge on any atom is 0.389 e. The Hall–Kier alpha value is 2.34. The van der Waals surface area contributed by atoms with Gasteiger partial charge in [-0.2, -0.15) is 0 Å². The monoisotopic (exact) mass is 490 g/mol. The Bertz CT molecular complexity index is 528. The Balaban J connectivity index is 1.57. The van der Waals surface area contributed by atoms with Crippen LogP contribution < -0.4 is 0 Å². The van der Waals surface area contributed by atoms with Crippen LogP contribution in [0.1, 0.15) is 0 Å². The van der Waals surface area contributed by atoms with Gasteiger partial charge in [-0.1, -0.05) is 22.8 Å². The summed E-state index contributed by atoms with van der Waals surface area (Å²) in [6.45, 7) is -1.29. The van der Waals surface area contributed by atoms with Gasteiger partial charge in [-0.05, 0) is 35.0 Å². The van der Waals surface area contributed by atoms with E-state index in [1.807, 2.05) is 0 Å². The summed E-state index contributed by atoms with van der Waals surface area (Å²) in [6, 6.07) is 0. The minimum atomic E-state index is -3.10. The zero-order valence-corrected chi connectivity index (χ0v) is 19.2. The van der Waals surface area contributed by atoms with E-state index in [9.17, 15) is 4.57 Å². The van der Waals surface area contributed by atoms with Crippen LogP contribution >= 0.6 is 52.3 Å². The first-order chi connectivity index (χ1) is 11.4. The minimum Gasteiger partial charge on any atom is -0.321 e. The van der Waals surface area contributed by atoms with Crippen molar-refractivity contribution in [1.82, 2.24) is 0 Å². The topological polar surface area (TPSA) is 72.5 Å². The van der Waals surface area contributed by atoms with Crippen LogP contribution in [-0.2, 0) is 55.3 Å². The first-order valence-electron chi connectivity index (χ1n) is 7.05. The van der Waals surface area contributed by atoms with Gasteiger partial charge in [0.05, 0.1) is 33.0 Å². The Kier molecular flexibility index (Phi) is 8.09. The predicted molar refractivity (Wildman–Crippen MR) is 108 cm³/mol. The molecule has 3 heterocycles. The molecule has 3 fully saturated rings. The molecule has 3 aliphatic rings. The molecular formula is C9H17O7P3S5. The molecule has 0 aromatic carbocycles. The Labute approximate surface area is 163 Å². The number of hydrogen-bond acceptors (Lipinski definition) is 12. The van der Waals surface area contributed by atoms with Gasteiger partial charge in [0.1, 0.15) is 6.10 Å². The van der Waals surface area contributed by atoms with Crippen molar-refractivity contribution in [3.8, 4) is 0 Å². The maximum atomic E-state index is 12.3. The SMILES string of the molecule is O=P1(OCC(COP2(=S)OCCS2)OP2(=S)OCCS2)OCCS1. The molecule has 24 heavy (non-hydrogen) atoms. The molecule has 0 saturated carbocycles. The van der Waals surface area contributed by atoms with Crippen molar-refractivity contribution < 1.29 is 31.7 Å². The third-order valence-electron chi connectivity index (χ3n) is 2.86. The van der Waals surface area contributed by atoms with Crippen molar-refractivity contribution >= 4 is 75.9 Å². The molecule has 0 N–H and O–H groups in total. The third-order valence-corrected chi connectivity index (χ3v) is 17.3. The first kappa shape index (κ1) is 21.1. The maximum absolute atomic E-state index is 12.3. The summed E-state index contributed by atoms with van der Waals surface area (Å²) in [5.41, 5.74) is -4.73. The van der Waals surface area contributed by atoms with Crippen molar-refractivity contribution in [2.75, 3.05) is 50.3 Å². The summed E-state index contributed by atoms with van der Waals surface area (Å²) >= 11 is 15.1. The van der Waals surface area contributed by atoms with Gasteiger partial charge in [-0.25, -0.2) is 4.57 Å². The highest BCUT2D eigenvalue weighted by Gasteiger charge is 2.36. The average molecular weight is 490 g/mol. The Morgan fingerprint density at radius 2 is 1.46 bits per heavy atom. The number of rotatable bonds is 8. The fraction of sp³-hybridized carbons (Fsp3) is 1.00. The van der Waals surface area contributed by atoms with Gasteiger partial charge in [-0.15, -0.1) is 0 Å². The third kappa shape index (κ3) is 6.17. The van der Waals surface area contributed by atoms with E-state index in [-0.39, 0.29) is 13.2 Å². The first-order valence-corrected chi connectivity index (χ1v) is 18.6. The van der Waals surface area contributed by atoms with E-state index >= 15 is 0 Å². The second-order valence-corrected chi connectivity index (χ2v) is 21.7. The van der Waals surface area contributed by atoms with Gasteiger partial charge in [0.25, 0.3) is 0 Å². The molecule has 3 aliphatic heterocycles. The average Bonchev–Trinajstić information content (AvgIpc) is 3.26. The normalized spacial score (nSPS) is 41.0. The second-order valence-electron chi connectivity index (χ2n) is 4.66. The summed E-state index contributed by atoms with van der Waals surface area (Å²) in [5.74, 6) is 2.29. The second kappa shape index (κ2) is 9.23. The molecule has 0 amide bonds. The van der Waals surface area contributed by atoms with Gasteiger partial charge in [0.15, 0.2) is 0 Å². The molecule has 0 spiro atoms. The van der Waals surface area contributed by atoms with Crippen molar-refractivity contribution in [1.29, 1.82) is 0 Å². The molecular weight excluding hydrogens is 473 g/mol. The quantitative estimate of drug-likeness (QED) is 0.457. The lowest BCUT2D eigenvalue weighted by molar-refractivity contribution is 0.0763. The van der Waals surface area contributed by atoms with E-state index < -0.39 is 24.3 Å².